The van der Waals surface area contributed by atoms with E-state index in [2.05, 4.69) is 95.3 Å². The number of nitrogens with zero attached hydrogens (tertiary/aromatic N) is 1. The van der Waals surface area contributed by atoms with Crippen molar-refractivity contribution in [3.63, 3.8) is 0 Å². The molecule has 244 valence electrons. The smallest absolute Gasteiger partial charge is 0.306 e. The Morgan fingerprint density at radius 3 is 1.98 bits per heavy atom. The predicted octanol–water partition coefficient (Wildman–Crippen LogP) is 8.87. The van der Waals surface area contributed by atoms with Crippen molar-refractivity contribution in [1.29, 1.82) is 0 Å². The zero-order valence-corrected chi connectivity index (χ0v) is 29.9. The zero-order valence-electron chi connectivity index (χ0n) is 28.9. The SMILES string of the molecule is CC(C)C[C@H]1C[C@@H](c2onc([C@H](CCO[Si](c3ccccc3)(c3ccccc3)C(C)(C)C)CC(=O)OC(C)(C)C)c2C2CC2)C1. The number of aromatic nitrogens is 1. The second kappa shape index (κ2) is 13.6. The molecule has 2 aliphatic rings. The van der Waals surface area contributed by atoms with Crippen LogP contribution in [0.3, 0.4) is 0 Å². The van der Waals surface area contributed by atoms with Gasteiger partial charge in [0, 0.05) is 24.0 Å². The number of esters is 1. The van der Waals surface area contributed by atoms with E-state index < -0.39 is 13.9 Å². The maximum absolute atomic E-state index is 13.3. The van der Waals surface area contributed by atoms with Crippen LogP contribution in [0.15, 0.2) is 65.2 Å². The molecule has 3 aromatic rings. The Hall–Kier alpha value is -2.70. The van der Waals surface area contributed by atoms with Gasteiger partial charge in [-0.3, -0.25) is 4.79 Å². The van der Waals surface area contributed by atoms with E-state index in [-0.39, 0.29) is 23.3 Å². The van der Waals surface area contributed by atoms with E-state index in [0.717, 1.165) is 23.3 Å². The fourth-order valence-corrected chi connectivity index (χ4v) is 12.1. The van der Waals surface area contributed by atoms with Gasteiger partial charge in [-0.1, -0.05) is 100 Å². The van der Waals surface area contributed by atoms with Crippen molar-refractivity contribution in [1.82, 2.24) is 5.16 Å². The quantitative estimate of drug-likeness (QED) is 0.140. The summed E-state index contributed by atoms with van der Waals surface area (Å²) in [5.74, 6) is 3.20. The summed E-state index contributed by atoms with van der Waals surface area (Å²) in [6, 6.07) is 21.5. The number of carbonyl (C=O) groups excluding carboxylic acids is 1. The van der Waals surface area contributed by atoms with Gasteiger partial charge in [-0.15, -0.1) is 0 Å². The number of hydrogen-bond donors (Lipinski definition) is 0. The molecule has 6 heteroatoms. The topological polar surface area (TPSA) is 61.6 Å². The molecule has 0 bridgehead atoms. The minimum atomic E-state index is -2.71. The summed E-state index contributed by atoms with van der Waals surface area (Å²) in [5.41, 5.74) is 1.72. The fraction of sp³-hybridized carbons (Fsp3) is 0.590. The maximum atomic E-state index is 13.3. The first kappa shape index (κ1) is 33.7. The standard InChI is InChI=1S/C39H55NO4Si/c1-27(2)23-28-24-31(25-28)37-35(29-19-20-29)36(40-44-37)30(26-34(41)43-38(3,4)5)21-22-42-45(39(6,7)8,32-15-11-9-12-16-32)33-17-13-10-14-18-33/h9-18,27-31H,19-26H2,1-8H3/t28-,30-,31+/m1/s1. The second-order valence-electron chi connectivity index (χ2n) is 16.1. The van der Waals surface area contributed by atoms with Crippen LogP contribution in [-0.2, 0) is 14.0 Å². The van der Waals surface area contributed by atoms with Crippen molar-refractivity contribution in [2.24, 2.45) is 11.8 Å². The van der Waals surface area contributed by atoms with Crippen LogP contribution in [0.4, 0.5) is 0 Å². The highest BCUT2D eigenvalue weighted by Crippen LogP contribution is 2.53. The minimum Gasteiger partial charge on any atom is -0.460 e. The summed E-state index contributed by atoms with van der Waals surface area (Å²) < 4.78 is 19.4. The molecule has 1 aromatic heterocycles. The molecule has 5 rings (SSSR count). The molecule has 2 aromatic carbocycles. The summed E-state index contributed by atoms with van der Waals surface area (Å²) in [4.78, 5) is 13.3. The highest BCUT2D eigenvalue weighted by Gasteiger charge is 2.50. The largest absolute Gasteiger partial charge is 0.460 e. The maximum Gasteiger partial charge on any atom is 0.306 e. The first-order chi connectivity index (χ1) is 21.3. The van der Waals surface area contributed by atoms with Crippen molar-refractivity contribution >= 4 is 24.7 Å². The van der Waals surface area contributed by atoms with Crippen LogP contribution in [0.1, 0.15) is 135 Å². The van der Waals surface area contributed by atoms with Gasteiger partial charge in [-0.25, -0.2) is 0 Å². The number of ether oxygens (including phenoxy) is 1. The van der Waals surface area contributed by atoms with Crippen molar-refractivity contribution in [2.75, 3.05) is 6.61 Å². The van der Waals surface area contributed by atoms with Crippen LogP contribution in [0.2, 0.25) is 5.04 Å². The van der Waals surface area contributed by atoms with Crippen molar-refractivity contribution < 1.29 is 18.5 Å². The van der Waals surface area contributed by atoms with E-state index in [1.165, 1.54) is 48.0 Å². The van der Waals surface area contributed by atoms with E-state index in [1.807, 2.05) is 20.8 Å². The molecule has 0 radical (unpaired) electrons. The Labute approximate surface area is 272 Å². The summed E-state index contributed by atoms with van der Waals surface area (Å²) in [5, 5.41) is 7.17. The molecule has 5 nitrogen and oxygen atoms in total. The lowest BCUT2D eigenvalue weighted by Crippen LogP contribution is -2.66. The van der Waals surface area contributed by atoms with Crippen LogP contribution in [-0.4, -0.2) is 31.7 Å². The van der Waals surface area contributed by atoms with Gasteiger partial charge in [0.15, 0.2) is 0 Å². The first-order valence-electron chi connectivity index (χ1n) is 17.2. The van der Waals surface area contributed by atoms with Gasteiger partial charge in [0.05, 0.1) is 12.1 Å². The van der Waals surface area contributed by atoms with E-state index in [1.54, 1.807) is 0 Å². The molecular formula is C39H55NO4Si. The molecular weight excluding hydrogens is 575 g/mol. The van der Waals surface area contributed by atoms with Crippen LogP contribution >= 0.6 is 0 Å². The van der Waals surface area contributed by atoms with Crippen molar-refractivity contribution in [2.45, 2.75) is 129 Å². The van der Waals surface area contributed by atoms with Gasteiger partial charge < -0.3 is 13.7 Å². The van der Waals surface area contributed by atoms with Gasteiger partial charge in [0.1, 0.15) is 11.4 Å². The third kappa shape index (κ3) is 7.82. The Balaban J connectivity index is 1.45. The minimum absolute atomic E-state index is 0.118. The Morgan fingerprint density at radius 2 is 1.49 bits per heavy atom. The molecule has 0 amide bonds. The Morgan fingerprint density at radius 1 is 0.911 bits per heavy atom. The van der Waals surface area contributed by atoms with Gasteiger partial charge in [-0.05, 0) is 92.5 Å². The average molecular weight is 630 g/mol. The van der Waals surface area contributed by atoms with Crippen molar-refractivity contribution in [3.05, 3.63) is 77.7 Å². The molecule has 2 saturated carbocycles. The summed E-state index contributed by atoms with van der Waals surface area (Å²) in [7, 11) is -2.71. The molecule has 1 heterocycles. The van der Waals surface area contributed by atoms with Gasteiger partial charge in [0.25, 0.3) is 8.32 Å². The molecule has 0 N–H and O–H groups in total. The third-order valence-electron chi connectivity index (χ3n) is 9.60. The van der Waals surface area contributed by atoms with Gasteiger partial charge in [0.2, 0.25) is 0 Å². The van der Waals surface area contributed by atoms with Gasteiger partial charge in [-0.2, -0.15) is 0 Å². The highest BCUT2D eigenvalue weighted by molar-refractivity contribution is 6.99. The molecule has 0 spiro atoms. The normalized spacial score (nSPS) is 19.8. The van der Waals surface area contributed by atoms with E-state index in [4.69, 9.17) is 18.8 Å². The van der Waals surface area contributed by atoms with Crippen LogP contribution in [0.5, 0.6) is 0 Å². The lowest BCUT2D eigenvalue weighted by molar-refractivity contribution is -0.155. The summed E-state index contributed by atoms with van der Waals surface area (Å²) in [6.07, 6.45) is 6.92. The molecule has 0 saturated heterocycles. The van der Waals surface area contributed by atoms with Gasteiger partial charge >= 0.3 is 5.97 Å². The number of hydrogen-bond acceptors (Lipinski definition) is 5. The molecule has 2 fully saturated rings. The number of benzene rings is 2. The predicted molar refractivity (Wildman–Crippen MR) is 185 cm³/mol. The molecule has 2 aliphatic carbocycles. The Kier molecular flexibility index (Phi) is 10.1. The molecule has 45 heavy (non-hydrogen) atoms. The molecule has 0 unspecified atom stereocenters. The average Bonchev–Trinajstić information content (AvgIpc) is 3.69. The van der Waals surface area contributed by atoms with Crippen LogP contribution in [0, 0.1) is 11.8 Å². The number of carbonyl (C=O) groups is 1. The summed E-state index contributed by atoms with van der Waals surface area (Å²) in [6.45, 7) is 17.8. The molecule has 1 atom stereocenters. The van der Waals surface area contributed by atoms with Crippen LogP contribution < -0.4 is 10.4 Å². The lowest BCUT2D eigenvalue weighted by atomic mass is 9.69. The third-order valence-corrected chi connectivity index (χ3v) is 14.6. The van der Waals surface area contributed by atoms with Crippen molar-refractivity contribution in [3.8, 4) is 0 Å². The first-order valence-corrected chi connectivity index (χ1v) is 19.2. The highest BCUT2D eigenvalue weighted by atomic mass is 28.4. The van der Waals surface area contributed by atoms with E-state index >= 15 is 0 Å². The Bertz CT molecular complexity index is 1350. The van der Waals surface area contributed by atoms with E-state index in [0.29, 0.717) is 24.9 Å². The monoisotopic (exact) mass is 629 g/mol. The van der Waals surface area contributed by atoms with Crippen LogP contribution in [0.25, 0.3) is 0 Å². The number of rotatable bonds is 13. The molecule has 0 aliphatic heterocycles. The second-order valence-corrected chi connectivity index (χ2v) is 20.4. The fourth-order valence-electron chi connectivity index (χ4n) is 7.54. The summed E-state index contributed by atoms with van der Waals surface area (Å²) >= 11 is 0. The zero-order chi connectivity index (χ0) is 32.4. The van der Waals surface area contributed by atoms with E-state index in [9.17, 15) is 4.79 Å². The lowest BCUT2D eigenvalue weighted by Gasteiger charge is -2.43.